The number of aromatic carboxylic acids is 1. The lowest BCUT2D eigenvalue weighted by atomic mass is 10.1. The molecule has 0 unspecified atom stereocenters. The Morgan fingerprint density at radius 2 is 1.73 bits per heavy atom. The fraction of sp³-hybridized carbons (Fsp3) is 0.0417. The minimum atomic E-state index is -1.19. The highest BCUT2D eigenvalue weighted by Gasteiger charge is 2.18. The van der Waals surface area contributed by atoms with Crippen molar-refractivity contribution in [1.82, 2.24) is 5.32 Å². The van der Waals surface area contributed by atoms with Crippen LogP contribution in [-0.4, -0.2) is 30.0 Å². The Balaban J connectivity index is 1.98. The largest absolute Gasteiger partial charge is 0.495 e. The molecule has 3 aromatic rings. The van der Waals surface area contributed by atoms with Crippen LogP contribution >= 0.6 is 15.9 Å². The molecule has 3 N–H and O–H groups in total. The van der Waals surface area contributed by atoms with Gasteiger partial charge in [-0.2, -0.15) is 0 Å². The van der Waals surface area contributed by atoms with Gasteiger partial charge in [-0.05, 0) is 70.0 Å². The molecule has 2 amide bonds. The van der Waals surface area contributed by atoms with Crippen molar-refractivity contribution in [2.75, 3.05) is 12.4 Å². The molecule has 3 rings (SSSR count). The Kier molecular flexibility index (Phi) is 7.57. The van der Waals surface area contributed by atoms with Gasteiger partial charge < -0.3 is 20.5 Å². The average molecular weight is 513 g/mol. The van der Waals surface area contributed by atoms with Crippen molar-refractivity contribution in [3.05, 3.63) is 99.4 Å². The highest BCUT2D eigenvalue weighted by Crippen LogP contribution is 2.26. The molecule has 0 atom stereocenters. The topological polar surface area (TPSA) is 105 Å². The number of methoxy groups -OCH3 is 1. The third-order valence-electron chi connectivity index (χ3n) is 4.48. The van der Waals surface area contributed by atoms with Crippen LogP contribution in [0.5, 0.6) is 5.75 Å². The van der Waals surface area contributed by atoms with Gasteiger partial charge >= 0.3 is 5.97 Å². The second-order valence-corrected chi connectivity index (χ2v) is 7.58. The highest BCUT2D eigenvalue weighted by atomic mass is 79.9. The molecule has 0 fully saturated rings. The minimum Gasteiger partial charge on any atom is -0.495 e. The fourth-order valence-corrected chi connectivity index (χ4v) is 3.09. The standard InChI is InChI=1S/C24H18BrFN2O5/c1-33-21-10-8-16(24(31)32)13-19(21)27-23(30)20(12-14-7-9-17(25)18(26)11-14)28-22(29)15-5-3-2-4-6-15/h2-13H,1H3,(H,27,30)(H,28,29)(H,31,32)/b20-12+. The second-order valence-electron chi connectivity index (χ2n) is 6.73. The summed E-state index contributed by atoms with van der Waals surface area (Å²) in [5.74, 6) is -2.83. The maximum atomic E-state index is 14.0. The lowest BCUT2D eigenvalue weighted by Gasteiger charge is -2.14. The number of amides is 2. The molecule has 0 saturated carbocycles. The maximum absolute atomic E-state index is 14.0. The number of carboxylic acid groups (broad SMARTS) is 1. The van der Waals surface area contributed by atoms with Crippen molar-refractivity contribution in [2.45, 2.75) is 0 Å². The zero-order valence-corrected chi connectivity index (χ0v) is 18.9. The normalized spacial score (nSPS) is 10.9. The summed E-state index contributed by atoms with van der Waals surface area (Å²) in [7, 11) is 1.37. The minimum absolute atomic E-state index is 0.0695. The van der Waals surface area contributed by atoms with E-state index in [-0.39, 0.29) is 27.2 Å². The average Bonchev–Trinajstić information content (AvgIpc) is 2.81. The molecule has 168 valence electrons. The molecule has 7 nitrogen and oxygen atoms in total. The van der Waals surface area contributed by atoms with Crippen molar-refractivity contribution < 1.29 is 28.6 Å². The van der Waals surface area contributed by atoms with E-state index in [1.165, 1.54) is 43.5 Å². The van der Waals surface area contributed by atoms with Crippen LogP contribution in [0, 0.1) is 5.82 Å². The van der Waals surface area contributed by atoms with E-state index in [2.05, 4.69) is 26.6 Å². The first-order valence-electron chi connectivity index (χ1n) is 9.54. The smallest absolute Gasteiger partial charge is 0.335 e. The van der Waals surface area contributed by atoms with Crippen LogP contribution in [0.3, 0.4) is 0 Å². The second kappa shape index (κ2) is 10.6. The van der Waals surface area contributed by atoms with Gasteiger partial charge in [0.2, 0.25) is 0 Å². The van der Waals surface area contributed by atoms with E-state index < -0.39 is 23.6 Å². The Morgan fingerprint density at radius 1 is 1.00 bits per heavy atom. The number of hydrogen-bond acceptors (Lipinski definition) is 4. The van der Waals surface area contributed by atoms with E-state index in [1.807, 2.05) is 0 Å². The number of anilines is 1. The summed E-state index contributed by atoms with van der Waals surface area (Å²) in [4.78, 5) is 37.1. The molecule has 0 bridgehead atoms. The first-order chi connectivity index (χ1) is 15.8. The molecule has 0 aliphatic heterocycles. The molecule has 0 aliphatic rings. The molecule has 0 aliphatic carbocycles. The van der Waals surface area contributed by atoms with E-state index in [0.717, 1.165) is 0 Å². The molecular weight excluding hydrogens is 495 g/mol. The SMILES string of the molecule is COc1ccc(C(=O)O)cc1NC(=O)/C(=C\c1ccc(Br)c(F)c1)NC(=O)c1ccccc1. The molecule has 0 saturated heterocycles. The van der Waals surface area contributed by atoms with Crippen molar-refractivity contribution in [3.63, 3.8) is 0 Å². The molecule has 9 heteroatoms. The van der Waals surface area contributed by atoms with Crippen LogP contribution in [0.2, 0.25) is 0 Å². The van der Waals surface area contributed by atoms with E-state index >= 15 is 0 Å². The van der Waals surface area contributed by atoms with Crippen molar-refractivity contribution >= 4 is 45.5 Å². The molecule has 0 radical (unpaired) electrons. The van der Waals surface area contributed by atoms with Crippen molar-refractivity contribution in [2.24, 2.45) is 0 Å². The van der Waals surface area contributed by atoms with Gasteiger partial charge in [-0.1, -0.05) is 24.3 Å². The van der Waals surface area contributed by atoms with Crippen molar-refractivity contribution in [1.29, 1.82) is 0 Å². The Bertz CT molecular complexity index is 1240. The molecule has 0 aromatic heterocycles. The van der Waals surface area contributed by atoms with Gasteiger partial charge in [-0.25, -0.2) is 9.18 Å². The zero-order valence-electron chi connectivity index (χ0n) is 17.3. The highest BCUT2D eigenvalue weighted by molar-refractivity contribution is 9.10. The number of nitrogens with one attached hydrogen (secondary N) is 2. The predicted molar refractivity (Wildman–Crippen MR) is 125 cm³/mol. The Morgan fingerprint density at radius 3 is 2.36 bits per heavy atom. The van der Waals surface area contributed by atoms with Crippen LogP contribution in [0.25, 0.3) is 6.08 Å². The lowest BCUT2D eigenvalue weighted by molar-refractivity contribution is -0.113. The van der Waals surface area contributed by atoms with Gasteiger partial charge in [0, 0.05) is 5.56 Å². The van der Waals surface area contributed by atoms with Crippen LogP contribution in [0.15, 0.2) is 76.9 Å². The monoisotopic (exact) mass is 512 g/mol. The summed E-state index contributed by atoms with van der Waals surface area (Å²) in [5, 5.41) is 14.3. The summed E-state index contributed by atoms with van der Waals surface area (Å²) in [5.41, 5.74) is 0.460. The third-order valence-corrected chi connectivity index (χ3v) is 5.12. The van der Waals surface area contributed by atoms with Crippen LogP contribution in [0.4, 0.5) is 10.1 Å². The van der Waals surface area contributed by atoms with Crippen LogP contribution in [-0.2, 0) is 4.79 Å². The Hall–Kier alpha value is -3.98. The van der Waals surface area contributed by atoms with Gasteiger partial charge in [0.05, 0.1) is 22.8 Å². The first kappa shape index (κ1) is 23.7. The van der Waals surface area contributed by atoms with E-state index in [1.54, 1.807) is 36.4 Å². The van der Waals surface area contributed by atoms with Gasteiger partial charge in [-0.15, -0.1) is 0 Å². The van der Waals surface area contributed by atoms with E-state index in [9.17, 15) is 23.9 Å². The van der Waals surface area contributed by atoms with Gasteiger partial charge in [0.1, 0.15) is 17.3 Å². The number of carbonyl (C=O) groups excluding carboxylic acids is 2. The number of ether oxygens (including phenoxy) is 1. The number of halogens is 2. The molecule has 0 heterocycles. The Labute approximate surface area is 197 Å². The first-order valence-corrected chi connectivity index (χ1v) is 10.3. The molecule has 0 spiro atoms. The zero-order chi connectivity index (χ0) is 24.0. The van der Waals surface area contributed by atoms with E-state index in [4.69, 9.17) is 4.74 Å². The summed E-state index contributed by atoms with van der Waals surface area (Å²) in [6.07, 6.45) is 1.30. The molecular formula is C24H18BrFN2O5. The maximum Gasteiger partial charge on any atom is 0.335 e. The van der Waals surface area contributed by atoms with Gasteiger partial charge in [-0.3, -0.25) is 9.59 Å². The summed E-state index contributed by atoms with van der Waals surface area (Å²) < 4.78 is 19.4. The summed E-state index contributed by atoms with van der Waals surface area (Å²) in [6.45, 7) is 0. The van der Waals surface area contributed by atoms with Gasteiger partial charge in [0.15, 0.2) is 0 Å². The quantitative estimate of drug-likeness (QED) is 0.398. The van der Waals surface area contributed by atoms with Crippen molar-refractivity contribution in [3.8, 4) is 5.75 Å². The predicted octanol–water partition coefficient (Wildman–Crippen LogP) is 4.70. The molecule has 33 heavy (non-hydrogen) atoms. The summed E-state index contributed by atoms with van der Waals surface area (Å²) in [6, 6.07) is 16.4. The number of carboxylic acids is 1. The number of carbonyl (C=O) groups is 3. The number of hydrogen-bond donors (Lipinski definition) is 3. The van der Waals surface area contributed by atoms with Crippen LogP contribution in [0.1, 0.15) is 26.3 Å². The third kappa shape index (κ3) is 6.05. The number of benzene rings is 3. The lowest BCUT2D eigenvalue weighted by Crippen LogP contribution is -2.30. The summed E-state index contributed by atoms with van der Waals surface area (Å²) >= 11 is 3.07. The fourth-order valence-electron chi connectivity index (χ4n) is 2.84. The number of rotatable bonds is 7. The van der Waals surface area contributed by atoms with E-state index in [0.29, 0.717) is 11.1 Å². The van der Waals surface area contributed by atoms with Crippen LogP contribution < -0.4 is 15.4 Å². The van der Waals surface area contributed by atoms with Gasteiger partial charge in [0.25, 0.3) is 11.8 Å². The molecule has 3 aromatic carbocycles.